The summed E-state index contributed by atoms with van der Waals surface area (Å²) in [5.74, 6) is 1.07. The van der Waals surface area contributed by atoms with Crippen molar-refractivity contribution in [3.8, 4) is 0 Å². The van der Waals surface area contributed by atoms with Gasteiger partial charge in [0.15, 0.2) is 5.82 Å². The molecule has 1 aromatic heterocycles. The zero-order valence-corrected chi connectivity index (χ0v) is 14.4. The van der Waals surface area contributed by atoms with Crippen molar-refractivity contribution in [2.24, 2.45) is 5.92 Å². The Balaban J connectivity index is 1.71. The second kappa shape index (κ2) is 5.97. The molecule has 2 aliphatic heterocycles. The lowest BCUT2D eigenvalue weighted by Crippen LogP contribution is -2.52. The van der Waals surface area contributed by atoms with Crippen molar-refractivity contribution >= 4 is 16.9 Å². The first-order valence-corrected chi connectivity index (χ1v) is 8.86. The molecule has 0 radical (unpaired) electrons. The smallest absolute Gasteiger partial charge is 0.151 e. The molecule has 0 spiro atoms. The monoisotopic (exact) mass is 327 g/mol. The van der Waals surface area contributed by atoms with Crippen LogP contribution in [0.1, 0.15) is 31.9 Å². The largest absolute Gasteiger partial charge is 0.390 e. The molecular formula is C19H25N3O2. The van der Waals surface area contributed by atoms with Crippen LogP contribution < -0.4 is 4.90 Å². The number of ether oxygens (including phenoxy) is 1. The first kappa shape index (κ1) is 15.8. The van der Waals surface area contributed by atoms with Gasteiger partial charge in [-0.05, 0) is 45.2 Å². The van der Waals surface area contributed by atoms with E-state index in [1.165, 1.54) is 0 Å². The number of rotatable bonds is 2. The number of aliphatic hydroxyl groups is 1. The van der Waals surface area contributed by atoms with Crippen molar-refractivity contribution in [2.45, 2.75) is 44.8 Å². The van der Waals surface area contributed by atoms with E-state index < -0.39 is 5.60 Å². The molecule has 0 amide bonds. The van der Waals surface area contributed by atoms with Crippen LogP contribution in [0, 0.1) is 12.8 Å². The second-order valence-corrected chi connectivity index (χ2v) is 7.31. The summed E-state index contributed by atoms with van der Waals surface area (Å²) in [6.07, 6.45) is 2.88. The Labute approximate surface area is 142 Å². The van der Waals surface area contributed by atoms with Crippen molar-refractivity contribution in [1.82, 2.24) is 9.97 Å². The summed E-state index contributed by atoms with van der Waals surface area (Å²) < 4.78 is 5.69. The normalized spacial score (nSPS) is 30.9. The number of hydrogen-bond donors (Lipinski definition) is 1. The minimum Gasteiger partial charge on any atom is -0.390 e. The van der Waals surface area contributed by atoms with E-state index in [1.807, 2.05) is 38.1 Å². The Morgan fingerprint density at radius 3 is 2.75 bits per heavy atom. The van der Waals surface area contributed by atoms with Gasteiger partial charge in [0.05, 0.1) is 28.9 Å². The Morgan fingerprint density at radius 1 is 1.25 bits per heavy atom. The van der Waals surface area contributed by atoms with Gasteiger partial charge >= 0.3 is 0 Å². The SMILES string of the molecule is Cc1nc2ccccc2nc1N1CCC[C@@H]1[C@@H]1COCC[C@]1(C)O. The van der Waals surface area contributed by atoms with E-state index >= 15 is 0 Å². The van der Waals surface area contributed by atoms with Crippen LogP contribution in [0.5, 0.6) is 0 Å². The third-order valence-electron chi connectivity index (χ3n) is 5.60. The molecule has 4 rings (SSSR count). The van der Waals surface area contributed by atoms with E-state index in [4.69, 9.17) is 14.7 Å². The third-order valence-corrected chi connectivity index (χ3v) is 5.60. The van der Waals surface area contributed by atoms with E-state index in [1.54, 1.807) is 0 Å². The summed E-state index contributed by atoms with van der Waals surface area (Å²) in [7, 11) is 0. The fourth-order valence-corrected chi connectivity index (χ4v) is 4.20. The summed E-state index contributed by atoms with van der Waals surface area (Å²) in [6.45, 7) is 6.21. The molecule has 1 aromatic carbocycles. The zero-order chi connectivity index (χ0) is 16.7. The van der Waals surface area contributed by atoms with Crippen molar-refractivity contribution in [3.05, 3.63) is 30.0 Å². The molecule has 3 atom stereocenters. The number of hydrogen-bond acceptors (Lipinski definition) is 5. The lowest BCUT2D eigenvalue weighted by atomic mass is 9.79. The van der Waals surface area contributed by atoms with E-state index in [9.17, 15) is 5.11 Å². The topological polar surface area (TPSA) is 58.5 Å². The molecule has 0 bridgehead atoms. The fourth-order valence-electron chi connectivity index (χ4n) is 4.20. The molecule has 0 saturated carbocycles. The Bertz CT molecular complexity index is 746. The van der Waals surface area contributed by atoms with Crippen LogP contribution >= 0.6 is 0 Å². The highest BCUT2D eigenvalue weighted by molar-refractivity contribution is 5.76. The van der Waals surface area contributed by atoms with E-state index in [0.29, 0.717) is 19.6 Å². The van der Waals surface area contributed by atoms with Crippen LogP contribution in [-0.2, 0) is 4.74 Å². The first-order chi connectivity index (χ1) is 11.6. The van der Waals surface area contributed by atoms with Gasteiger partial charge in [0.25, 0.3) is 0 Å². The summed E-state index contributed by atoms with van der Waals surface area (Å²) >= 11 is 0. The minimum atomic E-state index is -0.677. The summed E-state index contributed by atoms with van der Waals surface area (Å²) in [4.78, 5) is 12.0. The van der Waals surface area contributed by atoms with Gasteiger partial charge in [-0.2, -0.15) is 0 Å². The van der Waals surface area contributed by atoms with Crippen LogP contribution in [0.25, 0.3) is 11.0 Å². The van der Waals surface area contributed by atoms with Gasteiger partial charge in [-0.15, -0.1) is 0 Å². The Kier molecular flexibility index (Phi) is 3.93. The maximum Gasteiger partial charge on any atom is 0.151 e. The van der Waals surface area contributed by atoms with Crippen LogP contribution in [0.4, 0.5) is 5.82 Å². The maximum absolute atomic E-state index is 10.9. The predicted octanol–water partition coefficient (Wildman–Crippen LogP) is 2.69. The molecule has 2 saturated heterocycles. The quantitative estimate of drug-likeness (QED) is 0.919. The van der Waals surface area contributed by atoms with Crippen LogP contribution in [0.15, 0.2) is 24.3 Å². The average Bonchev–Trinajstić information content (AvgIpc) is 3.02. The van der Waals surface area contributed by atoms with Gasteiger partial charge in [0.2, 0.25) is 0 Å². The molecule has 3 heterocycles. The lowest BCUT2D eigenvalue weighted by Gasteiger charge is -2.43. The van der Waals surface area contributed by atoms with Crippen molar-refractivity contribution in [2.75, 3.05) is 24.7 Å². The number of para-hydroxylation sites is 2. The number of benzene rings is 1. The fraction of sp³-hybridized carbons (Fsp3) is 0.579. The number of aryl methyl sites for hydroxylation is 1. The van der Waals surface area contributed by atoms with Gasteiger partial charge in [0.1, 0.15) is 0 Å². The molecule has 2 aliphatic rings. The molecule has 24 heavy (non-hydrogen) atoms. The van der Waals surface area contributed by atoms with Crippen molar-refractivity contribution < 1.29 is 9.84 Å². The lowest BCUT2D eigenvalue weighted by molar-refractivity contribution is -0.108. The molecule has 0 unspecified atom stereocenters. The van der Waals surface area contributed by atoms with E-state index in [-0.39, 0.29) is 12.0 Å². The highest BCUT2D eigenvalue weighted by Gasteiger charge is 2.44. The second-order valence-electron chi connectivity index (χ2n) is 7.31. The molecule has 5 nitrogen and oxygen atoms in total. The number of fused-ring (bicyclic) bond motifs is 1. The van der Waals surface area contributed by atoms with Crippen LogP contribution in [0.3, 0.4) is 0 Å². The highest BCUT2D eigenvalue weighted by Crippen LogP contribution is 2.38. The minimum absolute atomic E-state index is 0.112. The standard InChI is InChI=1S/C19H25N3O2/c1-13-18(21-16-7-4-3-6-15(16)20-13)22-10-5-8-17(22)14-12-24-11-9-19(14,2)23/h3-4,6-7,14,17,23H,5,8-12H2,1-2H3/t14-,17+,19-/m0/s1. The van der Waals surface area contributed by atoms with Gasteiger partial charge in [-0.1, -0.05) is 12.1 Å². The van der Waals surface area contributed by atoms with Gasteiger partial charge < -0.3 is 14.7 Å². The van der Waals surface area contributed by atoms with Crippen molar-refractivity contribution in [3.63, 3.8) is 0 Å². The first-order valence-electron chi connectivity index (χ1n) is 8.86. The molecule has 128 valence electrons. The molecular weight excluding hydrogens is 302 g/mol. The highest BCUT2D eigenvalue weighted by atomic mass is 16.5. The van der Waals surface area contributed by atoms with Crippen molar-refractivity contribution in [1.29, 1.82) is 0 Å². The number of nitrogens with zero attached hydrogens (tertiary/aromatic N) is 3. The van der Waals surface area contributed by atoms with E-state index in [2.05, 4.69) is 4.90 Å². The average molecular weight is 327 g/mol. The molecule has 2 fully saturated rings. The summed E-state index contributed by atoms with van der Waals surface area (Å²) in [5.41, 5.74) is 2.14. The Morgan fingerprint density at radius 2 is 2.00 bits per heavy atom. The molecule has 1 N–H and O–H groups in total. The third kappa shape index (κ3) is 2.66. The molecule has 2 aromatic rings. The van der Waals surface area contributed by atoms with Crippen LogP contribution in [0.2, 0.25) is 0 Å². The van der Waals surface area contributed by atoms with Crippen LogP contribution in [-0.4, -0.2) is 46.5 Å². The molecule has 5 heteroatoms. The van der Waals surface area contributed by atoms with E-state index in [0.717, 1.165) is 41.9 Å². The zero-order valence-electron chi connectivity index (χ0n) is 14.4. The summed E-state index contributed by atoms with van der Waals surface area (Å²) in [6, 6.07) is 8.26. The summed E-state index contributed by atoms with van der Waals surface area (Å²) in [5, 5.41) is 10.9. The molecule has 0 aliphatic carbocycles. The van der Waals surface area contributed by atoms with Gasteiger partial charge in [-0.25, -0.2) is 9.97 Å². The maximum atomic E-state index is 10.9. The van der Waals surface area contributed by atoms with Gasteiger partial charge in [0, 0.05) is 25.1 Å². The Hall–Kier alpha value is -1.72. The number of aromatic nitrogens is 2. The van der Waals surface area contributed by atoms with Gasteiger partial charge in [-0.3, -0.25) is 0 Å². The number of anilines is 1. The predicted molar refractivity (Wildman–Crippen MR) is 94.2 cm³/mol.